The van der Waals surface area contributed by atoms with Crippen molar-refractivity contribution in [2.75, 3.05) is 7.11 Å². The first-order valence-corrected chi connectivity index (χ1v) is 6.52. The van der Waals surface area contributed by atoms with Gasteiger partial charge in [0.15, 0.2) is 0 Å². The molecule has 0 aliphatic rings. The van der Waals surface area contributed by atoms with Crippen LogP contribution in [-0.4, -0.2) is 17.0 Å². The Morgan fingerprint density at radius 1 is 1.33 bits per heavy atom. The Bertz CT molecular complexity index is 626. The molecular weight excluding hydrogens is 250 g/mol. The van der Waals surface area contributed by atoms with Crippen LogP contribution in [0.25, 0.3) is 10.1 Å². The van der Waals surface area contributed by atoms with Crippen LogP contribution >= 0.6 is 11.5 Å². The van der Waals surface area contributed by atoms with Gasteiger partial charge in [0.2, 0.25) is 0 Å². The van der Waals surface area contributed by atoms with Crippen molar-refractivity contribution in [1.29, 1.82) is 0 Å². The molecule has 0 aliphatic carbocycles. The molecule has 0 radical (unpaired) electrons. The molecule has 0 fully saturated rings. The smallest absolute Gasteiger partial charge is 0.330 e. The minimum atomic E-state index is -0.556. The summed E-state index contributed by atoms with van der Waals surface area (Å²) in [6.45, 7) is 3.80. The molecule has 0 unspecified atom stereocenters. The highest BCUT2D eigenvalue weighted by Crippen LogP contribution is 2.24. The predicted molar refractivity (Wildman–Crippen MR) is 72.0 cm³/mol. The first-order chi connectivity index (χ1) is 8.56. The summed E-state index contributed by atoms with van der Waals surface area (Å²) < 4.78 is 7.19. The minimum absolute atomic E-state index is 0.00297. The molecule has 0 amide bonds. The molecule has 0 N–H and O–H groups in total. The molecular formula is C13H15NO3S. The van der Waals surface area contributed by atoms with E-state index in [1.54, 1.807) is 6.07 Å². The molecule has 96 valence electrons. The van der Waals surface area contributed by atoms with Gasteiger partial charge < -0.3 is 4.74 Å². The fourth-order valence-electron chi connectivity index (χ4n) is 1.93. The number of methoxy groups -OCH3 is 1. The van der Waals surface area contributed by atoms with E-state index in [0.717, 1.165) is 4.70 Å². The van der Waals surface area contributed by atoms with E-state index in [-0.39, 0.29) is 17.4 Å². The van der Waals surface area contributed by atoms with Crippen molar-refractivity contribution in [2.45, 2.75) is 19.9 Å². The Morgan fingerprint density at radius 2 is 2.00 bits per heavy atom. The number of ether oxygens (including phenoxy) is 1. The van der Waals surface area contributed by atoms with Crippen LogP contribution in [0.2, 0.25) is 0 Å². The normalized spacial score (nSPS) is 12.9. The summed E-state index contributed by atoms with van der Waals surface area (Å²) in [5.41, 5.74) is -0.125. The van der Waals surface area contributed by atoms with E-state index >= 15 is 0 Å². The Morgan fingerprint density at radius 3 is 2.56 bits per heavy atom. The second-order valence-corrected chi connectivity index (χ2v) is 5.45. The van der Waals surface area contributed by atoms with Crippen molar-refractivity contribution in [2.24, 2.45) is 5.92 Å². The van der Waals surface area contributed by atoms with Crippen molar-refractivity contribution in [3.63, 3.8) is 0 Å². The van der Waals surface area contributed by atoms with Crippen LogP contribution in [0.15, 0.2) is 29.1 Å². The molecule has 1 aromatic heterocycles. The van der Waals surface area contributed by atoms with Gasteiger partial charge in [0.1, 0.15) is 6.04 Å². The Kier molecular flexibility index (Phi) is 3.52. The molecule has 2 rings (SSSR count). The van der Waals surface area contributed by atoms with E-state index in [1.165, 1.54) is 22.6 Å². The molecule has 0 spiro atoms. The van der Waals surface area contributed by atoms with E-state index in [1.807, 2.05) is 32.0 Å². The van der Waals surface area contributed by atoms with Crippen molar-refractivity contribution in [1.82, 2.24) is 3.96 Å². The summed E-state index contributed by atoms with van der Waals surface area (Å²) >= 11 is 1.31. The van der Waals surface area contributed by atoms with E-state index in [9.17, 15) is 9.59 Å². The molecule has 0 aliphatic heterocycles. The maximum Gasteiger partial charge on any atom is 0.330 e. The van der Waals surface area contributed by atoms with Crippen molar-refractivity contribution in [3.8, 4) is 0 Å². The fourth-order valence-corrected chi connectivity index (χ4v) is 3.16. The number of carbonyl (C=O) groups is 1. The summed E-state index contributed by atoms with van der Waals surface area (Å²) in [4.78, 5) is 24.1. The summed E-state index contributed by atoms with van der Waals surface area (Å²) in [5, 5.41) is 0.650. The predicted octanol–water partition coefficient (Wildman–Crippen LogP) is 2.43. The molecule has 4 nitrogen and oxygen atoms in total. The average molecular weight is 265 g/mol. The first kappa shape index (κ1) is 12.8. The molecule has 18 heavy (non-hydrogen) atoms. The number of benzene rings is 1. The van der Waals surface area contributed by atoms with Gasteiger partial charge in [-0.05, 0) is 18.1 Å². The van der Waals surface area contributed by atoms with Gasteiger partial charge in [0, 0.05) is 0 Å². The van der Waals surface area contributed by atoms with Gasteiger partial charge >= 0.3 is 5.97 Å². The highest BCUT2D eigenvalue weighted by atomic mass is 32.1. The molecule has 2 aromatic rings. The van der Waals surface area contributed by atoms with Gasteiger partial charge in [-0.1, -0.05) is 37.5 Å². The second-order valence-electron chi connectivity index (χ2n) is 4.43. The molecule has 0 bridgehead atoms. The lowest BCUT2D eigenvalue weighted by Gasteiger charge is -2.17. The highest BCUT2D eigenvalue weighted by Gasteiger charge is 2.28. The zero-order valence-electron chi connectivity index (χ0n) is 10.5. The third kappa shape index (κ3) is 2.06. The first-order valence-electron chi connectivity index (χ1n) is 5.74. The second kappa shape index (κ2) is 4.94. The summed E-state index contributed by atoms with van der Waals surface area (Å²) in [7, 11) is 1.34. The number of esters is 1. The standard InChI is InChI=1S/C13H15NO3S/c1-8(2)11(13(16)17-3)14-12(15)9-6-4-5-7-10(9)18-14/h4-8,11H,1-3H3/t11-/m0/s1. The number of hydrogen-bond acceptors (Lipinski definition) is 4. The van der Waals surface area contributed by atoms with Gasteiger partial charge in [-0.3, -0.25) is 4.79 Å². The number of aromatic nitrogens is 1. The topological polar surface area (TPSA) is 48.3 Å². The summed E-state index contributed by atoms with van der Waals surface area (Å²) in [6, 6.07) is 6.81. The zero-order chi connectivity index (χ0) is 13.3. The van der Waals surface area contributed by atoms with Gasteiger partial charge in [-0.15, -0.1) is 0 Å². The van der Waals surface area contributed by atoms with Crippen LogP contribution < -0.4 is 5.56 Å². The van der Waals surface area contributed by atoms with Gasteiger partial charge in [0.05, 0.1) is 17.2 Å². The van der Waals surface area contributed by atoms with Gasteiger partial charge in [-0.25, -0.2) is 8.75 Å². The summed E-state index contributed by atoms with van der Waals surface area (Å²) in [6.07, 6.45) is 0. The maximum atomic E-state index is 12.3. The van der Waals surface area contributed by atoms with Gasteiger partial charge in [0.25, 0.3) is 5.56 Å². The van der Waals surface area contributed by atoms with Crippen LogP contribution in [-0.2, 0) is 9.53 Å². The Labute approximate surface area is 109 Å². The van der Waals surface area contributed by atoms with Crippen molar-refractivity contribution >= 4 is 27.6 Å². The van der Waals surface area contributed by atoms with Gasteiger partial charge in [-0.2, -0.15) is 0 Å². The molecule has 1 atom stereocenters. The van der Waals surface area contributed by atoms with Crippen LogP contribution in [0.4, 0.5) is 0 Å². The average Bonchev–Trinajstić information content (AvgIpc) is 2.67. The monoisotopic (exact) mass is 265 g/mol. The Balaban J connectivity index is 2.61. The van der Waals surface area contributed by atoms with Crippen LogP contribution in [0.1, 0.15) is 19.9 Å². The summed E-state index contributed by atoms with van der Waals surface area (Å²) in [5.74, 6) is -0.373. The van der Waals surface area contributed by atoms with E-state index in [2.05, 4.69) is 0 Å². The van der Waals surface area contributed by atoms with Crippen molar-refractivity contribution < 1.29 is 9.53 Å². The number of carbonyl (C=O) groups excluding carboxylic acids is 1. The number of fused-ring (bicyclic) bond motifs is 1. The SMILES string of the molecule is COC(=O)[C@H](C(C)C)n1sc2ccccc2c1=O. The lowest BCUT2D eigenvalue weighted by Crippen LogP contribution is -2.30. The molecule has 5 heteroatoms. The molecule has 1 aromatic carbocycles. The third-order valence-electron chi connectivity index (χ3n) is 2.84. The van der Waals surface area contributed by atoms with E-state index in [4.69, 9.17) is 4.74 Å². The largest absolute Gasteiger partial charge is 0.467 e. The quantitative estimate of drug-likeness (QED) is 0.801. The number of rotatable bonds is 3. The number of nitrogens with zero attached hydrogens (tertiary/aromatic N) is 1. The molecule has 1 heterocycles. The zero-order valence-corrected chi connectivity index (χ0v) is 11.4. The maximum absolute atomic E-state index is 12.3. The fraction of sp³-hybridized carbons (Fsp3) is 0.385. The third-order valence-corrected chi connectivity index (χ3v) is 3.98. The lowest BCUT2D eigenvalue weighted by molar-refractivity contribution is -0.145. The van der Waals surface area contributed by atoms with Crippen LogP contribution in [0.5, 0.6) is 0 Å². The van der Waals surface area contributed by atoms with Crippen molar-refractivity contribution in [3.05, 3.63) is 34.6 Å². The Hall–Kier alpha value is -1.62. The van der Waals surface area contributed by atoms with E-state index in [0.29, 0.717) is 5.39 Å². The molecule has 0 saturated carbocycles. The lowest BCUT2D eigenvalue weighted by atomic mass is 10.1. The van der Waals surface area contributed by atoms with Crippen LogP contribution in [0, 0.1) is 5.92 Å². The van der Waals surface area contributed by atoms with Crippen LogP contribution in [0.3, 0.4) is 0 Å². The number of hydrogen-bond donors (Lipinski definition) is 0. The molecule has 0 saturated heterocycles. The highest BCUT2D eigenvalue weighted by molar-refractivity contribution is 7.14. The minimum Gasteiger partial charge on any atom is -0.467 e. The van der Waals surface area contributed by atoms with E-state index < -0.39 is 6.04 Å².